The lowest BCUT2D eigenvalue weighted by atomic mass is 10.2. The zero-order valence-electron chi connectivity index (χ0n) is 9.48. The molecule has 1 aromatic heterocycles. The summed E-state index contributed by atoms with van der Waals surface area (Å²) >= 11 is 9.19. The second kappa shape index (κ2) is 5.50. The van der Waals surface area contributed by atoms with E-state index < -0.39 is 0 Å². The first-order chi connectivity index (χ1) is 8.56. The highest BCUT2D eigenvalue weighted by Crippen LogP contribution is 2.31. The van der Waals surface area contributed by atoms with Crippen LogP contribution in [0, 0.1) is 0 Å². The summed E-state index contributed by atoms with van der Waals surface area (Å²) in [5.74, 6) is 1.01. The Morgan fingerprint density at radius 2 is 2.11 bits per heavy atom. The van der Waals surface area contributed by atoms with Gasteiger partial charge in [-0.2, -0.15) is 0 Å². The molecule has 0 atom stereocenters. The molecule has 0 spiro atoms. The fourth-order valence-electron chi connectivity index (χ4n) is 1.32. The Hall–Kier alpha value is -1.39. The van der Waals surface area contributed by atoms with Gasteiger partial charge in [-0.05, 0) is 47.1 Å². The Kier molecular flexibility index (Phi) is 3.99. The van der Waals surface area contributed by atoms with Gasteiger partial charge in [-0.3, -0.25) is 4.79 Å². The molecule has 0 N–H and O–H groups in total. The highest BCUT2D eigenvalue weighted by atomic mass is 79.9. The molecular weight excluding hydrogens is 318 g/mol. The highest BCUT2D eigenvalue weighted by molar-refractivity contribution is 9.10. The topological polar surface area (TPSA) is 39.2 Å². The maximum Gasteiger partial charge on any atom is 0.219 e. The number of pyridine rings is 1. The van der Waals surface area contributed by atoms with Crippen LogP contribution in [0.4, 0.5) is 0 Å². The number of Topliss-reactive ketones (excluding diaryl/α,β-unsaturated/α-hetero) is 1. The van der Waals surface area contributed by atoms with E-state index in [2.05, 4.69) is 20.9 Å². The Morgan fingerprint density at radius 1 is 1.33 bits per heavy atom. The molecule has 0 saturated carbocycles. The van der Waals surface area contributed by atoms with Crippen LogP contribution in [0.15, 0.2) is 41.0 Å². The second-order valence-electron chi connectivity index (χ2n) is 3.62. The van der Waals surface area contributed by atoms with Crippen LogP contribution in [0.1, 0.15) is 17.3 Å². The number of halogens is 2. The molecule has 5 heteroatoms. The third-order valence-corrected chi connectivity index (χ3v) is 3.11. The maximum absolute atomic E-state index is 11.1. The van der Waals surface area contributed by atoms with Gasteiger partial charge in [-0.15, -0.1) is 0 Å². The molecule has 1 aromatic carbocycles. The summed E-state index contributed by atoms with van der Waals surface area (Å²) in [5, 5.41) is 0.620. The van der Waals surface area contributed by atoms with Crippen molar-refractivity contribution >= 4 is 33.3 Å². The molecule has 92 valence electrons. The molecule has 0 saturated heterocycles. The van der Waals surface area contributed by atoms with Crippen LogP contribution < -0.4 is 4.74 Å². The van der Waals surface area contributed by atoms with Crippen molar-refractivity contribution in [2.75, 3.05) is 0 Å². The first-order valence-corrected chi connectivity index (χ1v) is 6.33. The van der Waals surface area contributed by atoms with Crippen LogP contribution in [0.5, 0.6) is 11.6 Å². The summed E-state index contributed by atoms with van der Waals surface area (Å²) in [5.41, 5.74) is 0.553. The molecule has 0 aliphatic carbocycles. The van der Waals surface area contributed by atoms with Crippen LogP contribution in [-0.4, -0.2) is 10.8 Å². The summed E-state index contributed by atoms with van der Waals surface area (Å²) in [4.78, 5) is 15.2. The number of aromatic nitrogens is 1. The molecule has 0 amide bonds. The lowest BCUT2D eigenvalue weighted by molar-refractivity contribution is 0.101. The molecule has 2 rings (SSSR count). The van der Waals surface area contributed by atoms with E-state index >= 15 is 0 Å². The summed E-state index contributed by atoms with van der Waals surface area (Å²) in [6, 6.07) is 8.53. The fraction of sp³-hybridized carbons (Fsp3) is 0.0769. The predicted molar refractivity (Wildman–Crippen MR) is 73.5 cm³/mol. The first kappa shape index (κ1) is 13.1. The van der Waals surface area contributed by atoms with Crippen LogP contribution in [0.25, 0.3) is 0 Å². The monoisotopic (exact) mass is 325 g/mol. The Balaban J connectivity index is 2.21. The molecule has 0 bridgehead atoms. The van der Waals surface area contributed by atoms with Crippen LogP contribution in [-0.2, 0) is 0 Å². The average molecular weight is 327 g/mol. The number of carbonyl (C=O) groups excluding carboxylic acids is 1. The fourth-order valence-corrected chi connectivity index (χ4v) is 2.08. The van der Waals surface area contributed by atoms with Crippen molar-refractivity contribution in [1.82, 2.24) is 4.98 Å². The number of ketones is 1. The zero-order chi connectivity index (χ0) is 13.1. The molecule has 0 aliphatic rings. The second-order valence-corrected chi connectivity index (χ2v) is 4.91. The Morgan fingerprint density at radius 3 is 2.67 bits per heavy atom. The molecule has 1 heterocycles. The lowest BCUT2D eigenvalue weighted by Gasteiger charge is -2.07. The maximum atomic E-state index is 11.1. The third kappa shape index (κ3) is 3.09. The van der Waals surface area contributed by atoms with Gasteiger partial charge in [0.15, 0.2) is 5.78 Å². The first-order valence-electron chi connectivity index (χ1n) is 5.16. The van der Waals surface area contributed by atoms with Crippen molar-refractivity contribution < 1.29 is 9.53 Å². The molecule has 0 aliphatic heterocycles. The quantitative estimate of drug-likeness (QED) is 0.780. The van der Waals surface area contributed by atoms with Crippen LogP contribution in [0.3, 0.4) is 0 Å². The smallest absolute Gasteiger partial charge is 0.219 e. The number of hydrogen-bond acceptors (Lipinski definition) is 3. The van der Waals surface area contributed by atoms with Gasteiger partial charge in [-0.1, -0.05) is 11.6 Å². The number of ether oxygens (including phenoxy) is 1. The van der Waals surface area contributed by atoms with Gasteiger partial charge in [0.05, 0.1) is 4.47 Å². The normalized spacial score (nSPS) is 10.2. The molecule has 18 heavy (non-hydrogen) atoms. The van der Waals surface area contributed by atoms with E-state index in [4.69, 9.17) is 16.3 Å². The summed E-state index contributed by atoms with van der Waals surface area (Å²) in [7, 11) is 0. The molecule has 0 unspecified atom stereocenters. The van der Waals surface area contributed by atoms with E-state index in [0.29, 0.717) is 22.2 Å². The van der Waals surface area contributed by atoms with Gasteiger partial charge in [0, 0.05) is 22.8 Å². The zero-order valence-corrected chi connectivity index (χ0v) is 11.8. The lowest BCUT2D eigenvalue weighted by Crippen LogP contribution is -1.94. The summed E-state index contributed by atoms with van der Waals surface area (Å²) < 4.78 is 6.31. The molecule has 2 aromatic rings. The number of carbonyl (C=O) groups is 1. The van der Waals surface area contributed by atoms with E-state index in [9.17, 15) is 4.79 Å². The Labute approximate surface area is 118 Å². The van der Waals surface area contributed by atoms with Gasteiger partial charge in [0.1, 0.15) is 5.75 Å². The number of nitrogens with zero attached hydrogens (tertiary/aromatic N) is 1. The number of benzene rings is 1. The van der Waals surface area contributed by atoms with E-state index in [1.54, 1.807) is 30.3 Å². The van der Waals surface area contributed by atoms with Crippen molar-refractivity contribution in [2.45, 2.75) is 6.92 Å². The third-order valence-electron chi connectivity index (χ3n) is 2.25. The van der Waals surface area contributed by atoms with E-state index in [-0.39, 0.29) is 5.78 Å². The standard InChI is InChI=1S/C13H9BrClNO2/c1-8(17)9-2-5-13(16-7-9)18-12-4-3-10(15)6-11(12)14/h2-7H,1H3. The predicted octanol–water partition coefficient (Wildman–Crippen LogP) is 4.49. The molecule has 0 radical (unpaired) electrons. The Bertz CT molecular complexity index is 584. The van der Waals surface area contributed by atoms with Crippen molar-refractivity contribution in [3.8, 4) is 11.6 Å². The van der Waals surface area contributed by atoms with Gasteiger partial charge < -0.3 is 4.74 Å². The molecular formula is C13H9BrClNO2. The summed E-state index contributed by atoms with van der Waals surface area (Å²) in [6.45, 7) is 1.49. The molecule has 0 fully saturated rings. The number of rotatable bonds is 3. The van der Waals surface area contributed by atoms with Gasteiger partial charge in [0.2, 0.25) is 5.88 Å². The highest BCUT2D eigenvalue weighted by Gasteiger charge is 2.05. The van der Waals surface area contributed by atoms with Crippen LogP contribution >= 0.6 is 27.5 Å². The van der Waals surface area contributed by atoms with Crippen molar-refractivity contribution in [2.24, 2.45) is 0 Å². The van der Waals surface area contributed by atoms with Gasteiger partial charge >= 0.3 is 0 Å². The van der Waals surface area contributed by atoms with E-state index in [0.717, 1.165) is 4.47 Å². The number of hydrogen-bond donors (Lipinski definition) is 0. The largest absolute Gasteiger partial charge is 0.438 e. The van der Waals surface area contributed by atoms with Gasteiger partial charge in [-0.25, -0.2) is 4.98 Å². The van der Waals surface area contributed by atoms with Crippen molar-refractivity contribution in [3.63, 3.8) is 0 Å². The summed E-state index contributed by atoms with van der Waals surface area (Å²) in [6.07, 6.45) is 1.49. The molecule has 3 nitrogen and oxygen atoms in total. The van der Waals surface area contributed by atoms with Crippen LogP contribution in [0.2, 0.25) is 5.02 Å². The van der Waals surface area contributed by atoms with Crippen molar-refractivity contribution in [3.05, 3.63) is 51.6 Å². The van der Waals surface area contributed by atoms with Gasteiger partial charge in [0.25, 0.3) is 0 Å². The van der Waals surface area contributed by atoms with Crippen molar-refractivity contribution in [1.29, 1.82) is 0 Å². The minimum Gasteiger partial charge on any atom is -0.438 e. The average Bonchev–Trinajstić information content (AvgIpc) is 2.33. The van der Waals surface area contributed by atoms with E-state index in [1.807, 2.05) is 0 Å². The van der Waals surface area contributed by atoms with E-state index in [1.165, 1.54) is 13.1 Å². The minimum absolute atomic E-state index is 0.0262. The SMILES string of the molecule is CC(=O)c1ccc(Oc2ccc(Cl)cc2Br)nc1. The minimum atomic E-state index is -0.0262.